The summed E-state index contributed by atoms with van der Waals surface area (Å²) in [6.45, 7) is 1.37. The molecule has 0 atom stereocenters. The summed E-state index contributed by atoms with van der Waals surface area (Å²) in [6.07, 6.45) is 2.76. The fourth-order valence-electron chi connectivity index (χ4n) is 3.55. The van der Waals surface area contributed by atoms with E-state index in [1.54, 1.807) is 11.0 Å². The third kappa shape index (κ3) is 6.53. The van der Waals surface area contributed by atoms with E-state index >= 15 is 0 Å². The van der Waals surface area contributed by atoms with Crippen molar-refractivity contribution in [3.8, 4) is 11.5 Å². The number of nitrogens with zero attached hydrogens (tertiary/aromatic N) is 2. The third-order valence-corrected chi connectivity index (χ3v) is 5.27. The van der Waals surface area contributed by atoms with E-state index in [4.69, 9.17) is 4.74 Å². The van der Waals surface area contributed by atoms with Crippen molar-refractivity contribution in [3.05, 3.63) is 72.4 Å². The number of hydrogen-bond donors (Lipinski definition) is 3. The van der Waals surface area contributed by atoms with Crippen molar-refractivity contribution in [1.29, 1.82) is 0 Å². The molecule has 0 radical (unpaired) electrons. The lowest BCUT2D eigenvalue weighted by molar-refractivity contribution is -0.123. The first kappa shape index (κ1) is 24.6. The summed E-state index contributed by atoms with van der Waals surface area (Å²) >= 11 is 0. The predicted octanol–water partition coefficient (Wildman–Crippen LogP) is 4.75. The van der Waals surface area contributed by atoms with Crippen LogP contribution in [-0.4, -0.2) is 40.8 Å². The third-order valence-electron chi connectivity index (χ3n) is 5.27. The van der Waals surface area contributed by atoms with Crippen LogP contribution in [0, 0.1) is 11.6 Å². The molecule has 36 heavy (non-hydrogen) atoms. The van der Waals surface area contributed by atoms with Crippen LogP contribution in [0.2, 0.25) is 0 Å². The second-order valence-corrected chi connectivity index (χ2v) is 8.00. The van der Waals surface area contributed by atoms with Gasteiger partial charge in [0.2, 0.25) is 11.8 Å². The summed E-state index contributed by atoms with van der Waals surface area (Å²) < 4.78 is 33.8. The predicted molar refractivity (Wildman–Crippen MR) is 129 cm³/mol. The molecule has 0 unspecified atom stereocenters. The van der Waals surface area contributed by atoms with Crippen LogP contribution >= 0.6 is 0 Å². The van der Waals surface area contributed by atoms with Gasteiger partial charge in [-0.2, -0.15) is 0 Å². The van der Waals surface area contributed by atoms with Gasteiger partial charge in [-0.25, -0.2) is 18.6 Å². The van der Waals surface area contributed by atoms with Crippen molar-refractivity contribution in [1.82, 2.24) is 9.88 Å². The Labute approximate surface area is 205 Å². The van der Waals surface area contributed by atoms with Crippen LogP contribution in [0.15, 0.2) is 60.8 Å². The van der Waals surface area contributed by atoms with Gasteiger partial charge >= 0.3 is 6.03 Å². The average Bonchev–Trinajstić information content (AvgIpc) is 3.38. The van der Waals surface area contributed by atoms with E-state index in [-0.39, 0.29) is 34.7 Å². The van der Waals surface area contributed by atoms with Crippen LogP contribution in [-0.2, 0) is 9.59 Å². The quantitative estimate of drug-likeness (QED) is 0.410. The van der Waals surface area contributed by atoms with Gasteiger partial charge in [0.25, 0.3) is 0 Å². The second kappa shape index (κ2) is 11.3. The molecule has 0 spiro atoms. The molecule has 1 fully saturated rings. The number of anilines is 3. The Kier molecular flexibility index (Phi) is 7.69. The molecule has 0 bridgehead atoms. The lowest BCUT2D eigenvalue weighted by Gasteiger charge is -2.16. The van der Waals surface area contributed by atoms with Crippen molar-refractivity contribution >= 4 is 35.0 Å². The fraction of sp³-hybridized carbons (Fsp3) is 0.200. The number of ether oxygens (including phenoxy) is 1. The highest BCUT2D eigenvalue weighted by Gasteiger charge is 2.18. The first-order valence-corrected chi connectivity index (χ1v) is 11.2. The Balaban J connectivity index is 1.32. The maximum atomic E-state index is 14.6. The molecule has 4 rings (SSSR count). The zero-order valence-corrected chi connectivity index (χ0v) is 19.1. The SMILES string of the molecule is O=C(CC(=O)Nc1ccccc1F)Nc1ccc(Oc2ccnc(NC(=O)N3CCCC3)c2)c(F)c1. The first-order valence-electron chi connectivity index (χ1n) is 11.2. The molecule has 0 aliphatic carbocycles. The molecule has 3 aromatic rings. The van der Waals surface area contributed by atoms with E-state index in [0.29, 0.717) is 13.1 Å². The number of aromatic nitrogens is 1. The molecule has 1 saturated heterocycles. The Morgan fingerprint density at radius 1 is 0.889 bits per heavy atom. The number of urea groups is 1. The number of nitrogens with one attached hydrogen (secondary N) is 3. The highest BCUT2D eigenvalue weighted by atomic mass is 19.1. The number of para-hydroxylation sites is 1. The monoisotopic (exact) mass is 495 g/mol. The number of likely N-dealkylation sites (tertiary alicyclic amines) is 1. The van der Waals surface area contributed by atoms with Crippen LogP contribution < -0.4 is 20.7 Å². The molecule has 4 amide bonds. The Morgan fingerprint density at radius 2 is 1.64 bits per heavy atom. The summed E-state index contributed by atoms with van der Waals surface area (Å²) in [5, 5.41) is 7.41. The number of rotatable bonds is 7. The summed E-state index contributed by atoms with van der Waals surface area (Å²) in [7, 11) is 0. The van der Waals surface area contributed by atoms with E-state index < -0.39 is 29.9 Å². The summed E-state index contributed by atoms with van der Waals surface area (Å²) in [5.41, 5.74) is 0.0644. The first-order chi connectivity index (χ1) is 17.4. The van der Waals surface area contributed by atoms with Gasteiger partial charge in [0.1, 0.15) is 23.8 Å². The van der Waals surface area contributed by atoms with Gasteiger partial charge in [-0.3, -0.25) is 14.9 Å². The zero-order valence-electron chi connectivity index (χ0n) is 19.1. The molecule has 2 aromatic carbocycles. The molecule has 9 nitrogen and oxygen atoms in total. The number of benzene rings is 2. The standard InChI is InChI=1S/C25H23F2N5O4/c26-18-5-1-2-6-20(18)30-24(34)15-23(33)29-16-7-8-21(19(27)13-16)36-17-9-10-28-22(14-17)31-25(35)32-11-3-4-12-32/h1-2,5-10,13-14H,3-4,11-12,15H2,(H,29,33)(H,30,34)(H,28,31,35). The van der Waals surface area contributed by atoms with E-state index in [0.717, 1.165) is 18.9 Å². The van der Waals surface area contributed by atoms with Gasteiger partial charge in [0, 0.05) is 37.1 Å². The molecule has 1 aliphatic heterocycles. The number of amides is 4. The van der Waals surface area contributed by atoms with Crippen molar-refractivity contribution in [2.45, 2.75) is 19.3 Å². The van der Waals surface area contributed by atoms with E-state index in [9.17, 15) is 23.2 Å². The van der Waals surface area contributed by atoms with Gasteiger partial charge in [0.05, 0.1) is 5.69 Å². The van der Waals surface area contributed by atoms with Crippen molar-refractivity contribution < 1.29 is 27.9 Å². The number of pyridine rings is 1. The van der Waals surface area contributed by atoms with Gasteiger partial charge in [-0.1, -0.05) is 12.1 Å². The fourth-order valence-corrected chi connectivity index (χ4v) is 3.55. The Bertz CT molecular complexity index is 1280. The van der Waals surface area contributed by atoms with Gasteiger partial charge in [-0.05, 0) is 43.2 Å². The maximum absolute atomic E-state index is 14.6. The summed E-state index contributed by atoms with van der Waals surface area (Å²) in [6, 6.07) is 12.0. The minimum atomic E-state index is -0.761. The highest BCUT2D eigenvalue weighted by Crippen LogP contribution is 2.28. The molecule has 3 N–H and O–H groups in total. The summed E-state index contributed by atoms with van der Waals surface area (Å²) in [5.74, 6) is -2.41. The van der Waals surface area contributed by atoms with Crippen molar-refractivity contribution in [2.24, 2.45) is 0 Å². The normalized spacial score (nSPS) is 12.7. The van der Waals surface area contributed by atoms with Crippen LogP contribution in [0.3, 0.4) is 0 Å². The molecule has 0 saturated carbocycles. The van der Waals surface area contributed by atoms with Gasteiger partial charge in [0.15, 0.2) is 11.6 Å². The van der Waals surface area contributed by atoms with Gasteiger partial charge in [-0.15, -0.1) is 0 Å². The molecule has 2 heterocycles. The van der Waals surface area contributed by atoms with Crippen LogP contribution in [0.4, 0.5) is 30.8 Å². The highest BCUT2D eigenvalue weighted by molar-refractivity contribution is 6.08. The molecule has 11 heteroatoms. The van der Waals surface area contributed by atoms with Crippen LogP contribution in [0.1, 0.15) is 19.3 Å². The minimum absolute atomic E-state index is 0.0438. The maximum Gasteiger partial charge on any atom is 0.323 e. The topological polar surface area (TPSA) is 113 Å². The smallest absolute Gasteiger partial charge is 0.323 e. The lowest BCUT2D eigenvalue weighted by Crippen LogP contribution is -2.32. The largest absolute Gasteiger partial charge is 0.454 e. The van der Waals surface area contributed by atoms with Crippen molar-refractivity contribution in [3.63, 3.8) is 0 Å². The molecular weight excluding hydrogens is 472 g/mol. The molecule has 186 valence electrons. The van der Waals surface area contributed by atoms with Crippen molar-refractivity contribution in [2.75, 3.05) is 29.0 Å². The van der Waals surface area contributed by atoms with E-state index in [1.165, 1.54) is 48.7 Å². The molecule has 1 aromatic heterocycles. The van der Waals surface area contributed by atoms with Gasteiger partial charge < -0.3 is 20.3 Å². The molecule has 1 aliphatic rings. The number of halogens is 2. The second-order valence-electron chi connectivity index (χ2n) is 8.00. The van der Waals surface area contributed by atoms with Crippen LogP contribution in [0.25, 0.3) is 0 Å². The van der Waals surface area contributed by atoms with E-state index in [1.807, 2.05) is 0 Å². The van der Waals surface area contributed by atoms with Crippen LogP contribution in [0.5, 0.6) is 11.5 Å². The van der Waals surface area contributed by atoms with E-state index in [2.05, 4.69) is 20.9 Å². The minimum Gasteiger partial charge on any atom is -0.454 e. The number of hydrogen-bond acceptors (Lipinski definition) is 5. The molecular formula is C25H23F2N5O4. The number of carbonyl (C=O) groups excluding carboxylic acids is 3. The summed E-state index contributed by atoms with van der Waals surface area (Å²) in [4.78, 5) is 42.1. The Hall–Kier alpha value is -4.54. The Morgan fingerprint density at radius 3 is 2.39 bits per heavy atom. The number of carbonyl (C=O) groups is 3. The zero-order chi connectivity index (χ0) is 25.5. The average molecular weight is 495 g/mol. The lowest BCUT2D eigenvalue weighted by atomic mass is 10.2.